The molecule has 1 heterocycles. The number of hydrogen-bond donors (Lipinski definition) is 1. The monoisotopic (exact) mass is 213 g/mol. The number of aromatic nitrogens is 2. The fourth-order valence-corrected chi connectivity index (χ4v) is 0.962. The van der Waals surface area contributed by atoms with Gasteiger partial charge in [-0.25, -0.2) is 9.97 Å². The normalized spacial score (nSPS) is 10.3. The lowest BCUT2D eigenvalue weighted by Crippen LogP contribution is -2.13. The molecule has 0 unspecified atom stereocenters. The van der Waals surface area contributed by atoms with Gasteiger partial charge in [0.2, 0.25) is 5.91 Å². The third-order valence-electron chi connectivity index (χ3n) is 1.59. The van der Waals surface area contributed by atoms with Gasteiger partial charge in [-0.1, -0.05) is 13.8 Å². The lowest BCUT2D eigenvalue weighted by Gasteiger charge is -2.05. The summed E-state index contributed by atoms with van der Waals surface area (Å²) in [5, 5.41) is 2.56. The number of hydrogen-bond acceptors (Lipinski definition) is 3. The second kappa shape index (κ2) is 4.91. The summed E-state index contributed by atoms with van der Waals surface area (Å²) in [6.45, 7) is 4.01. The van der Waals surface area contributed by atoms with Crippen molar-refractivity contribution in [2.45, 2.75) is 19.8 Å². The van der Waals surface area contributed by atoms with Crippen LogP contribution in [-0.4, -0.2) is 21.8 Å². The van der Waals surface area contributed by atoms with E-state index in [4.69, 9.17) is 11.6 Å². The SMILES string of the molecule is CC(C)c1ncc(NC(=O)CCl)cn1. The summed E-state index contributed by atoms with van der Waals surface area (Å²) in [5.41, 5.74) is 0.569. The van der Waals surface area contributed by atoms with Crippen molar-refractivity contribution < 1.29 is 4.79 Å². The van der Waals surface area contributed by atoms with Crippen molar-refractivity contribution in [3.8, 4) is 0 Å². The molecule has 0 saturated heterocycles. The zero-order valence-electron chi connectivity index (χ0n) is 8.12. The van der Waals surface area contributed by atoms with E-state index in [0.717, 1.165) is 5.82 Å². The molecule has 0 atom stereocenters. The molecule has 0 saturated carbocycles. The lowest BCUT2D eigenvalue weighted by atomic mass is 10.2. The Morgan fingerprint density at radius 1 is 1.50 bits per heavy atom. The Hall–Kier alpha value is -1.16. The van der Waals surface area contributed by atoms with Gasteiger partial charge in [0.05, 0.1) is 18.1 Å². The van der Waals surface area contributed by atoms with Gasteiger partial charge in [-0.3, -0.25) is 4.79 Å². The van der Waals surface area contributed by atoms with Crippen LogP contribution in [-0.2, 0) is 4.79 Å². The maximum Gasteiger partial charge on any atom is 0.239 e. The van der Waals surface area contributed by atoms with Gasteiger partial charge in [0.25, 0.3) is 0 Å². The first-order valence-corrected chi connectivity index (χ1v) is 4.84. The predicted molar refractivity (Wildman–Crippen MR) is 55.5 cm³/mol. The van der Waals surface area contributed by atoms with E-state index in [2.05, 4.69) is 15.3 Å². The van der Waals surface area contributed by atoms with Gasteiger partial charge in [-0.15, -0.1) is 11.6 Å². The fourth-order valence-electron chi connectivity index (χ4n) is 0.895. The Kier molecular flexibility index (Phi) is 3.83. The number of nitrogens with one attached hydrogen (secondary N) is 1. The molecule has 1 N–H and O–H groups in total. The molecule has 0 radical (unpaired) electrons. The Morgan fingerprint density at radius 2 is 2.07 bits per heavy atom. The Bertz CT molecular complexity index is 310. The van der Waals surface area contributed by atoms with Gasteiger partial charge in [-0.2, -0.15) is 0 Å². The van der Waals surface area contributed by atoms with E-state index in [0.29, 0.717) is 5.69 Å². The summed E-state index contributed by atoms with van der Waals surface area (Å²) in [5.74, 6) is 0.723. The maximum absolute atomic E-state index is 10.9. The summed E-state index contributed by atoms with van der Waals surface area (Å²) in [6, 6.07) is 0. The van der Waals surface area contributed by atoms with Crippen LogP contribution in [0, 0.1) is 0 Å². The molecule has 14 heavy (non-hydrogen) atoms. The molecule has 0 fully saturated rings. The van der Waals surface area contributed by atoms with E-state index in [1.54, 1.807) is 12.4 Å². The van der Waals surface area contributed by atoms with Crippen LogP contribution >= 0.6 is 11.6 Å². The topological polar surface area (TPSA) is 54.9 Å². The number of halogens is 1. The second-order valence-electron chi connectivity index (χ2n) is 3.17. The van der Waals surface area contributed by atoms with Crippen molar-refractivity contribution in [2.24, 2.45) is 0 Å². The highest BCUT2D eigenvalue weighted by atomic mass is 35.5. The molecule has 76 valence electrons. The number of rotatable bonds is 3. The highest BCUT2D eigenvalue weighted by Crippen LogP contribution is 2.10. The van der Waals surface area contributed by atoms with E-state index in [9.17, 15) is 4.79 Å². The third kappa shape index (κ3) is 2.96. The van der Waals surface area contributed by atoms with Crippen molar-refractivity contribution in [3.63, 3.8) is 0 Å². The minimum absolute atomic E-state index is 0.0636. The minimum Gasteiger partial charge on any atom is -0.322 e. The van der Waals surface area contributed by atoms with E-state index in [-0.39, 0.29) is 17.7 Å². The first kappa shape index (κ1) is 10.9. The fraction of sp³-hybridized carbons (Fsp3) is 0.444. The van der Waals surface area contributed by atoms with Crippen molar-refractivity contribution >= 4 is 23.2 Å². The van der Waals surface area contributed by atoms with Crippen LogP contribution in [0.4, 0.5) is 5.69 Å². The standard InChI is InChI=1S/C9H12ClN3O/c1-6(2)9-11-4-7(5-12-9)13-8(14)3-10/h4-6H,3H2,1-2H3,(H,13,14). The average molecular weight is 214 g/mol. The molecule has 1 aromatic heterocycles. The third-order valence-corrected chi connectivity index (χ3v) is 1.84. The highest BCUT2D eigenvalue weighted by Gasteiger charge is 2.03. The first-order valence-electron chi connectivity index (χ1n) is 4.31. The zero-order valence-corrected chi connectivity index (χ0v) is 8.88. The van der Waals surface area contributed by atoms with Gasteiger partial charge < -0.3 is 5.32 Å². The summed E-state index contributed by atoms with van der Waals surface area (Å²) < 4.78 is 0. The van der Waals surface area contributed by atoms with Gasteiger partial charge in [-0.05, 0) is 0 Å². The predicted octanol–water partition coefficient (Wildman–Crippen LogP) is 1.78. The smallest absolute Gasteiger partial charge is 0.239 e. The molecule has 0 aliphatic heterocycles. The average Bonchev–Trinajstić information content (AvgIpc) is 2.18. The molecule has 0 aliphatic rings. The number of carbonyl (C=O) groups excluding carboxylic acids is 1. The van der Waals surface area contributed by atoms with Crippen LogP contribution in [0.5, 0.6) is 0 Å². The number of alkyl halides is 1. The number of nitrogens with zero attached hydrogens (tertiary/aromatic N) is 2. The Labute approximate surface area is 87.7 Å². The molecule has 0 bridgehead atoms. The van der Waals surface area contributed by atoms with Crippen molar-refractivity contribution in [3.05, 3.63) is 18.2 Å². The molecule has 1 aromatic rings. The molecule has 5 heteroatoms. The molecule has 1 rings (SSSR count). The van der Waals surface area contributed by atoms with Crippen LogP contribution < -0.4 is 5.32 Å². The first-order chi connectivity index (χ1) is 6.63. The van der Waals surface area contributed by atoms with Crippen molar-refractivity contribution in [1.82, 2.24) is 9.97 Å². The Balaban J connectivity index is 2.69. The summed E-state index contributed by atoms with van der Waals surface area (Å²) in [7, 11) is 0. The molecule has 4 nitrogen and oxygen atoms in total. The van der Waals surface area contributed by atoms with E-state index in [1.807, 2.05) is 13.8 Å². The maximum atomic E-state index is 10.9. The summed E-state index contributed by atoms with van der Waals surface area (Å²) in [4.78, 5) is 19.1. The number of amides is 1. The number of carbonyl (C=O) groups is 1. The summed E-state index contributed by atoms with van der Waals surface area (Å²) >= 11 is 5.33. The molecular formula is C9H12ClN3O. The van der Waals surface area contributed by atoms with Gasteiger partial charge in [0.1, 0.15) is 11.7 Å². The van der Waals surface area contributed by atoms with Crippen LogP contribution in [0.25, 0.3) is 0 Å². The highest BCUT2D eigenvalue weighted by molar-refractivity contribution is 6.29. The van der Waals surface area contributed by atoms with Crippen molar-refractivity contribution in [2.75, 3.05) is 11.2 Å². The number of anilines is 1. The van der Waals surface area contributed by atoms with Gasteiger partial charge in [0.15, 0.2) is 0 Å². The van der Waals surface area contributed by atoms with Crippen LogP contribution in [0.2, 0.25) is 0 Å². The van der Waals surface area contributed by atoms with Gasteiger partial charge in [0, 0.05) is 5.92 Å². The quantitative estimate of drug-likeness (QED) is 0.779. The van der Waals surface area contributed by atoms with E-state index in [1.165, 1.54) is 0 Å². The van der Waals surface area contributed by atoms with Crippen LogP contribution in [0.3, 0.4) is 0 Å². The molecule has 1 amide bonds. The Morgan fingerprint density at radius 3 is 2.50 bits per heavy atom. The molecule has 0 aromatic carbocycles. The largest absolute Gasteiger partial charge is 0.322 e. The van der Waals surface area contributed by atoms with E-state index < -0.39 is 0 Å². The van der Waals surface area contributed by atoms with Crippen LogP contribution in [0.1, 0.15) is 25.6 Å². The van der Waals surface area contributed by atoms with E-state index >= 15 is 0 Å². The minimum atomic E-state index is -0.257. The summed E-state index contributed by atoms with van der Waals surface area (Å²) in [6.07, 6.45) is 3.15. The lowest BCUT2D eigenvalue weighted by molar-refractivity contribution is -0.113. The molecule has 0 aliphatic carbocycles. The molecule has 0 spiro atoms. The second-order valence-corrected chi connectivity index (χ2v) is 3.43. The van der Waals surface area contributed by atoms with Gasteiger partial charge >= 0.3 is 0 Å². The van der Waals surface area contributed by atoms with Crippen molar-refractivity contribution in [1.29, 1.82) is 0 Å². The molecular weight excluding hydrogens is 202 g/mol. The van der Waals surface area contributed by atoms with Crippen LogP contribution in [0.15, 0.2) is 12.4 Å². The zero-order chi connectivity index (χ0) is 10.6.